The van der Waals surface area contributed by atoms with Crippen molar-refractivity contribution in [2.75, 3.05) is 47.5 Å². The number of allylic oxidation sites excluding steroid dienone is 2. The number of likely N-dealkylation sites (N-methyl/N-ethyl adjacent to an activating group) is 1. The van der Waals surface area contributed by atoms with Gasteiger partial charge in [-0.1, -0.05) is 129 Å². The summed E-state index contributed by atoms with van der Waals surface area (Å²) >= 11 is 0. The Kier molecular flexibility index (Phi) is 30.0. The van der Waals surface area contributed by atoms with Gasteiger partial charge in [-0.2, -0.15) is 0 Å². The number of hydrogen-bond donors (Lipinski definition) is 1. The van der Waals surface area contributed by atoms with Gasteiger partial charge in [0.2, 0.25) is 0 Å². The zero-order chi connectivity index (χ0) is 35.1. The van der Waals surface area contributed by atoms with Crippen molar-refractivity contribution in [2.24, 2.45) is 0 Å². The van der Waals surface area contributed by atoms with Crippen LogP contribution in [0.4, 0.5) is 0 Å². The Labute approximate surface area is 288 Å². The molecule has 0 amide bonds. The number of esters is 2. The van der Waals surface area contributed by atoms with Crippen molar-refractivity contribution < 1.29 is 42.1 Å². The van der Waals surface area contributed by atoms with Crippen molar-refractivity contribution in [3.05, 3.63) is 12.2 Å². The van der Waals surface area contributed by atoms with Gasteiger partial charge >= 0.3 is 19.8 Å². The van der Waals surface area contributed by atoms with Gasteiger partial charge in [-0.25, -0.2) is 4.57 Å². The van der Waals surface area contributed by atoms with Crippen LogP contribution in [-0.4, -0.2) is 74.9 Å². The van der Waals surface area contributed by atoms with Gasteiger partial charge in [0.1, 0.15) is 19.8 Å². The van der Waals surface area contributed by atoms with Crippen LogP contribution < -0.4 is 0 Å². The lowest BCUT2D eigenvalue weighted by atomic mass is 10.0. The Hall–Kier alpha value is -1.25. The molecule has 0 saturated heterocycles. The molecule has 1 N–H and O–H groups in total. The molecule has 0 saturated carbocycles. The van der Waals surface area contributed by atoms with Crippen LogP contribution in [0, 0.1) is 0 Å². The summed E-state index contributed by atoms with van der Waals surface area (Å²) in [7, 11) is 1.47. The average Bonchev–Trinajstić information content (AvgIpc) is 3.01. The Bertz CT molecular complexity index is 830. The molecule has 0 aliphatic carbocycles. The molecule has 9 nitrogen and oxygen atoms in total. The van der Waals surface area contributed by atoms with Crippen molar-refractivity contribution in [2.45, 2.75) is 168 Å². The SMILES string of the molecule is CCC/C=C\CCCCCCCC(=O)O[C@@H](COC(=O)CCCCCCCCCCCCCCC)COP(=O)(O)OCC[N+](C)(C)C. The third-order valence-corrected chi connectivity index (χ3v) is 9.01. The van der Waals surface area contributed by atoms with E-state index < -0.39 is 26.5 Å². The lowest BCUT2D eigenvalue weighted by Crippen LogP contribution is -2.37. The smallest absolute Gasteiger partial charge is 0.462 e. The van der Waals surface area contributed by atoms with E-state index in [9.17, 15) is 19.0 Å². The zero-order valence-electron chi connectivity index (χ0n) is 31.0. The minimum atomic E-state index is -4.36. The fraction of sp³-hybridized carbons (Fsp3) is 0.892. The quantitative estimate of drug-likeness (QED) is 0.0234. The van der Waals surface area contributed by atoms with Gasteiger partial charge in [0.15, 0.2) is 6.10 Å². The van der Waals surface area contributed by atoms with E-state index in [1.807, 2.05) is 21.1 Å². The molecule has 2 atom stereocenters. The average molecular weight is 691 g/mol. The lowest BCUT2D eigenvalue weighted by Gasteiger charge is -2.24. The summed E-state index contributed by atoms with van der Waals surface area (Å²) in [6.07, 6.45) is 28.3. The molecule has 10 heteroatoms. The summed E-state index contributed by atoms with van der Waals surface area (Å²) < 4.78 is 34.1. The molecule has 0 aliphatic heterocycles. The normalized spacial score (nSPS) is 13.9. The number of carbonyl (C=O) groups excluding carboxylic acids is 2. The zero-order valence-corrected chi connectivity index (χ0v) is 31.9. The van der Waals surface area contributed by atoms with Gasteiger partial charge in [-0.05, 0) is 32.1 Å². The molecule has 0 aromatic rings. The highest BCUT2D eigenvalue weighted by Crippen LogP contribution is 2.43. The first-order valence-electron chi connectivity index (χ1n) is 18.9. The number of rotatable bonds is 34. The molecular formula is C37H73NO8P+. The standard InChI is InChI=1S/C37H72NO8P/c1-6-8-10-12-14-16-18-19-20-22-23-25-27-29-36(39)43-33-35(34-45-47(41,42)44-32-31-38(3,4)5)46-37(40)30-28-26-24-21-17-15-13-11-9-7-2/h11,13,35H,6-10,12,14-34H2,1-5H3/p+1/b13-11-/t35-/m0/s1. The van der Waals surface area contributed by atoms with Gasteiger partial charge in [-0.15, -0.1) is 0 Å². The Morgan fingerprint density at radius 2 is 1.13 bits per heavy atom. The molecule has 47 heavy (non-hydrogen) atoms. The second-order valence-corrected chi connectivity index (χ2v) is 15.4. The predicted octanol–water partition coefficient (Wildman–Crippen LogP) is 9.85. The number of hydrogen-bond acceptors (Lipinski definition) is 7. The minimum absolute atomic E-state index is 0.0326. The van der Waals surface area contributed by atoms with Crippen LogP contribution in [0.5, 0.6) is 0 Å². The maximum Gasteiger partial charge on any atom is 0.472 e. The summed E-state index contributed by atoms with van der Waals surface area (Å²) in [4.78, 5) is 35.1. The second-order valence-electron chi connectivity index (χ2n) is 14.0. The molecule has 0 fully saturated rings. The Morgan fingerprint density at radius 1 is 0.638 bits per heavy atom. The van der Waals surface area contributed by atoms with Gasteiger partial charge in [0, 0.05) is 12.8 Å². The number of carbonyl (C=O) groups is 2. The highest BCUT2D eigenvalue weighted by molar-refractivity contribution is 7.47. The van der Waals surface area contributed by atoms with Crippen molar-refractivity contribution in [1.29, 1.82) is 0 Å². The number of phosphoric acid groups is 1. The molecule has 0 radical (unpaired) electrons. The molecule has 0 spiro atoms. The molecule has 0 aliphatic rings. The Morgan fingerprint density at radius 3 is 1.66 bits per heavy atom. The first-order chi connectivity index (χ1) is 22.5. The maximum absolute atomic E-state index is 12.6. The van der Waals surface area contributed by atoms with E-state index in [0.29, 0.717) is 23.9 Å². The van der Waals surface area contributed by atoms with Crippen LogP contribution >= 0.6 is 7.82 Å². The van der Waals surface area contributed by atoms with E-state index in [0.717, 1.165) is 57.8 Å². The van der Waals surface area contributed by atoms with Crippen LogP contribution in [0.2, 0.25) is 0 Å². The van der Waals surface area contributed by atoms with E-state index in [4.69, 9.17) is 18.5 Å². The fourth-order valence-electron chi connectivity index (χ4n) is 5.02. The molecule has 0 rings (SSSR count). The van der Waals surface area contributed by atoms with Crippen molar-refractivity contribution in [3.8, 4) is 0 Å². The number of ether oxygens (including phenoxy) is 2. The first-order valence-corrected chi connectivity index (χ1v) is 20.4. The van der Waals surface area contributed by atoms with Crippen LogP contribution in [-0.2, 0) is 32.7 Å². The molecule has 278 valence electrons. The van der Waals surface area contributed by atoms with Crippen LogP contribution in [0.1, 0.15) is 162 Å². The van der Waals surface area contributed by atoms with Gasteiger partial charge < -0.3 is 18.9 Å². The number of nitrogens with zero attached hydrogens (tertiary/aromatic N) is 1. The first kappa shape index (κ1) is 45.8. The largest absolute Gasteiger partial charge is 0.472 e. The summed E-state index contributed by atoms with van der Waals surface area (Å²) in [5.41, 5.74) is 0. The van der Waals surface area contributed by atoms with Crippen LogP contribution in [0.3, 0.4) is 0 Å². The summed E-state index contributed by atoms with van der Waals surface area (Å²) in [6, 6.07) is 0. The molecule has 0 heterocycles. The molecule has 0 bridgehead atoms. The van der Waals surface area contributed by atoms with Crippen LogP contribution in [0.25, 0.3) is 0 Å². The summed E-state index contributed by atoms with van der Waals surface area (Å²) in [5.74, 6) is -0.808. The lowest BCUT2D eigenvalue weighted by molar-refractivity contribution is -0.870. The van der Waals surface area contributed by atoms with Crippen molar-refractivity contribution >= 4 is 19.8 Å². The predicted molar refractivity (Wildman–Crippen MR) is 192 cm³/mol. The highest BCUT2D eigenvalue weighted by atomic mass is 31.2. The van der Waals surface area contributed by atoms with E-state index in [-0.39, 0.29) is 25.6 Å². The summed E-state index contributed by atoms with van der Waals surface area (Å²) in [5, 5.41) is 0. The summed E-state index contributed by atoms with van der Waals surface area (Å²) in [6.45, 7) is 4.34. The van der Waals surface area contributed by atoms with Gasteiger partial charge in [0.25, 0.3) is 0 Å². The maximum atomic E-state index is 12.6. The van der Waals surface area contributed by atoms with Gasteiger partial charge in [0.05, 0.1) is 27.7 Å². The Balaban J connectivity index is 4.42. The fourth-order valence-corrected chi connectivity index (χ4v) is 5.76. The second kappa shape index (κ2) is 30.8. The number of phosphoric ester groups is 1. The monoisotopic (exact) mass is 691 g/mol. The number of unbranched alkanes of at least 4 members (excludes halogenated alkanes) is 18. The topological polar surface area (TPSA) is 108 Å². The molecular weight excluding hydrogens is 617 g/mol. The molecule has 1 unspecified atom stereocenters. The van der Waals surface area contributed by atoms with E-state index in [1.54, 1.807) is 0 Å². The third kappa shape index (κ3) is 34.4. The van der Waals surface area contributed by atoms with Crippen molar-refractivity contribution in [1.82, 2.24) is 0 Å². The molecule has 0 aromatic heterocycles. The molecule has 0 aromatic carbocycles. The minimum Gasteiger partial charge on any atom is -0.462 e. The van der Waals surface area contributed by atoms with E-state index >= 15 is 0 Å². The highest BCUT2D eigenvalue weighted by Gasteiger charge is 2.27. The third-order valence-electron chi connectivity index (χ3n) is 8.03. The van der Waals surface area contributed by atoms with Crippen molar-refractivity contribution in [3.63, 3.8) is 0 Å². The van der Waals surface area contributed by atoms with Crippen LogP contribution in [0.15, 0.2) is 12.2 Å². The van der Waals surface area contributed by atoms with Gasteiger partial charge in [-0.3, -0.25) is 18.6 Å². The van der Waals surface area contributed by atoms with E-state index in [1.165, 1.54) is 70.6 Å². The van der Waals surface area contributed by atoms with E-state index in [2.05, 4.69) is 26.0 Å². The number of quaternary nitrogens is 1.